The summed E-state index contributed by atoms with van der Waals surface area (Å²) in [6, 6.07) is 5.18. The molecule has 0 bridgehead atoms. The summed E-state index contributed by atoms with van der Waals surface area (Å²) in [7, 11) is -2.67. The summed E-state index contributed by atoms with van der Waals surface area (Å²) in [6.45, 7) is 1.92. The van der Waals surface area contributed by atoms with Gasteiger partial charge in [0.15, 0.2) is 0 Å². The maximum Gasteiger partial charge on any atom is 0.333 e. The second-order valence-electron chi connectivity index (χ2n) is 5.57. The van der Waals surface area contributed by atoms with Crippen LogP contribution in [0, 0.1) is 6.92 Å². The SMILES string of the molecule is Cc1cc(OC[C@H](O)CN(C)C[C@H](O)CNS(=O)(=O)O)ccc1Cl. The Kier molecular flexibility index (Phi) is 8.37. The highest BCUT2D eigenvalue weighted by atomic mass is 35.5. The molecule has 0 amide bonds. The van der Waals surface area contributed by atoms with Crippen molar-refractivity contribution < 1.29 is 27.9 Å². The first-order valence-electron chi connectivity index (χ1n) is 7.22. The van der Waals surface area contributed by atoms with Gasteiger partial charge in [0.2, 0.25) is 0 Å². The second-order valence-corrected chi connectivity index (χ2v) is 7.22. The summed E-state index contributed by atoms with van der Waals surface area (Å²) < 4.78 is 36.8. The van der Waals surface area contributed by atoms with Crippen LogP contribution < -0.4 is 9.46 Å². The molecule has 138 valence electrons. The third-order valence-corrected chi connectivity index (χ3v) is 4.07. The first kappa shape index (κ1) is 21.1. The van der Waals surface area contributed by atoms with E-state index >= 15 is 0 Å². The van der Waals surface area contributed by atoms with Crippen LogP contribution in [0.5, 0.6) is 5.75 Å². The van der Waals surface area contributed by atoms with E-state index in [1.807, 2.05) is 6.92 Å². The van der Waals surface area contributed by atoms with Gasteiger partial charge in [-0.15, -0.1) is 0 Å². The van der Waals surface area contributed by atoms with Gasteiger partial charge in [-0.2, -0.15) is 13.1 Å². The standard InChI is InChI=1S/C14H23ClN2O6S/c1-10-5-13(3-4-14(10)15)23-9-12(19)8-17(2)7-11(18)6-16-24(20,21)22/h3-5,11-12,16,18-19H,6-9H2,1-2H3,(H,20,21,22)/t11-,12-/m1/s1. The first-order valence-corrected chi connectivity index (χ1v) is 9.04. The minimum atomic E-state index is -4.33. The molecule has 0 unspecified atom stereocenters. The normalized spacial score (nSPS) is 14.6. The van der Waals surface area contributed by atoms with E-state index < -0.39 is 22.5 Å². The van der Waals surface area contributed by atoms with Gasteiger partial charge in [-0.1, -0.05) is 11.6 Å². The fraction of sp³-hybridized carbons (Fsp3) is 0.571. The lowest BCUT2D eigenvalue weighted by atomic mass is 10.2. The van der Waals surface area contributed by atoms with Crippen molar-refractivity contribution in [2.75, 3.05) is 33.3 Å². The second kappa shape index (κ2) is 9.52. The lowest BCUT2D eigenvalue weighted by molar-refractivity contribution is 0.0571. The largest absolute Gasteiger partial charge is 0.491 e. The van der Waals surface area contributed by atoms with E-state index in [9.17, 15) is 18.6 Å². The van der Waals surface area contributed by atoms with Gasteiger partial charge >= 0.3 is 10.3 Å². The van der Waals surface area contributed by atoms with Crippen molar-refractivity contribution in [3.8, 4) is 5.75 Å². The van der Waals surface area contributed by atoms with Gasteiger partial charge in [0.1, 0.15) is 18.5 Å². The molecule has 0 fully saturated rings. The van der Waals surface area contributed by atoms with Crippen LogP contribution in [0.2, 0.25) is 5.02 Å². The minimum Gasteiger partial charge on any atom is -0.491 e. The quantitative estimate of drug-likeness (QED) is 0.423. The number of nitrogens with one attached hydrogen (secondary N) is 1. The van der Waals surface area contributed by atoms with E-state index in [1.165, 1.54) is 0 Å². The molecule has 0 spiro atoms. The van der Waals surface area contributed by atoms with Gasteiger partial charge in [0.25, 0.3) is 0 Å². The molecule has 0 aliphatic rings. The molecule has 8 nitrogen and oxygen atoms in total. The van der Waals surface area contributed by atoms with Gasteiger partial charge < -0.3 is 19.8 Å². The molecular weight excluding hydrogens is 360 g/mol. The number of aryl methyl sites for hydroxylation is 1. The molecule has 1 aromatic rings. The zero-order chi connectivity index (χ0) is 18.3. The fourth-order valence-corrected chi connectivity index (χ4v) is 2.53. The van der Waals surface area contributed by atoms with Crippen LogP contribution in [0.3, 0.4) is 0 Å². The van der Waals surface area contributed by atoms with E-state index in [4.69, 9.17) is 20.9 Å². The summed E-state index contributed by atoms with van der Waals surface area (Å²) in [5.41, 5.74) is 0.871. The predicted octanol–water partition coefficient (Wildman–Crippen LogP) is 0.0732. The number of likely N-dealkylation sites (N-methyl/N-ethyl adjacent to an activating group) is 1. The van der Waals surface area contributed by atoms with Crippen molar-refractivity contribution in [3.05, 3.63) is 28.8 Å². The number of aliphatic hydroxyl groups excluding tert-OH is 2. The average molecular weight is 383 g/mol. The minimum absolute atomic E-state index is 0.0603. The zero-order valence-electron chi connectivity index (χ0n) is 13.5. The van der Waals surface area contributed by atoms with Crippen LogP contribution >= 0.6 is 11.6 Å². The van der Waals surface area contributed by atoms with Crippen LogP contribution in [0.15, 0.2) is 18.2 Å². The summed E-state index contributed by atoms with van der Waals surface area (Å²) in [4.78, 5) is 1.62. The fourth-order valence-electron chi connectivity index (χ4n) is 2.01. The molecule has 2 atom stereocenters. The van der Waals surface area contributed by atoms with Gasteiger partial charge in [-0.05, 0) is 37.7 Å². The Bertz CT molecular complexity index is 628. The molecule has 0 aliphatic carbocycles. The molecule has 10 heteroatoms. The number of rotatable bonds is 10. The van der Waals surface area contributed by atoms with Gasteiger partial charge in [0, 0.05) is 24.7 Å². The van der Waals surface area contributed by atoms with Crippen molar-refractivity contribution >= 4 is 21.9 Å². The molecule has 1 aromatic carbocycles. The molecule has 4 N–H and O–H groups in total. The van der Waals surface area contributed by atoms with E-state index in [1.54, 1.807) is 34.9 Å². The number of benzene rings is 1. The number of hydrogen-bond acceptors (Lipinski definition) is 6. The number of nitrogens with zero attached hydrogens (tertiary/aromatic N) is 1. The Balaban J connectivity index is 2.33. The van der Waals surface area contributed by atoms with Gasteiger partial charge in [0.05, 0.1) is 6.10 Å². The lowest BCUT2D eigenvalue weighted by Crippen LogP contribution is -2.41. The number of aliphatic hydroxyl groups is 2. The number of hydrogen-bond donors (Lipinski definition) is 4. The van der Waals surface area contributed by atoms with E-state index in [0.717, 1.165) is 5.56 Å². The third kappa shape index (κ3) is 8.78. The third-order valence-electron chi connectivity index (χ3n) is 3.12. The molecular formula is C14H23ClN2O6S. The number of ether oxygens (including phenoxy) is 1. The first-order chi connectivity index (χ1) is 11.1. The summed E-state index contributed by atoms with van der Waals surface area (Å²) >= 11 is 5.92. The van der Waals surface area contributed by atoms with Crippen molar-refractivity contribution in [3.63, 3.8) is 0 Å². The van der Waals surface area contributed by atoms with Crippen molar-refractivity contribution in [1.29, 1.82) is 0 Å². The topological polar surface area (TPSA) is 119 Å². The number of halogens is 1. The zero-order valence-corrected chi connectivity index (χ0v) is 15.1. The van der Waals surface area contributed by atoms with E-state index in [0.29, 0.717) is 10.8 Å². The lowest BCUT2D eigenvalue weighted by Gasteiger charge is -2.23. The van der Waals surface area contributed by atoms with Crippen LogP contribution in [0.1, 0.15) is 5.56 Å². The molecule has 0 aromatic heterocycles. The Morgan fingerprint density at radius 1 is 1.29 bits per heavy atom. The van der Waals surface area contributed by atoms with Crippen LogP contribution in [-0.4, -0.2) is 73.6 Å². The van der Waals surface area contributed by atoms with Crippen molar-refractivity contribution in [1.82, 2.24) is 9.62 Å². The van der Waals surface area contributed by atoms with E-state index in [-0.39, 0.29) is 26.2 Å². The molecule has 0 aliphatic heterocycles. The highest BCUT2D eigenvalue weighted by Gasteiger charge is 2.15. The van der Waals surface area contributed by atoms with Gasteiger partial charge in [-0.3, -0.25) is 4.55 Å². The van der Waals surface area contributed by atoms with Crippen LogP contribution in [0.4, 0.5) is 0 Å². The van der Waals surface area contributed by atoms with Crippen LogP contribution in [-0.2, 0) is 10.3 Å². The van der Waals surface area contributed by atoms with Gasteiger partial charge in [-0.25, -0.2) is 0 Å². The molecule has 0 heterocycles. The van der Waals surface area contributed by atoms with Crippen molar-refractivity contribution in [2.24, 2.45) is 0 Å². The Hall–Kier alpha value is -0.940. The molecule has 0 radical (unpaired) electrons. The highest BCUT2D eigenvalue weighted by Crippen LogP contribution is 2.21. The smallest absolute Gasteiger partial charge is 0.333 e. The van der Waals surface area contributed by atoms with Crippen LogP contribution in [0.25, 0.3) is 0 Å². The Morgan fingerprint density at radius 2 is 1.92 bits per heavy atom. The Morgan fingerprint density at radius 3 is 2.50 bits per heavy atom. The molecule has 1 rings (SSSR count). The maximum atomic E-state index is 10.5. The highest BCUT2D eigenvalue weighted by molar-refractivity contribution is 7.83. The maximum absolute atomic E-state index is 10.5. The summed E-state index contributed by atoms with van der Waals surface area (Å²) in [5.74, 6) is 0.594. The van der Waals surface area contributed by atoms with Crippen molar-refractivity contribution in [2.45, 2.75) is 19.1 Å². The monoisotopic (exact) mass is 382 g/mol. The average Bonchev–Trinajstić information content (AvgIpc) is 2.45. The molecule has 0 saturated carbocycles. The summed E-state index contributed by atoms with van der Waals surface area (Å²) in [6.07, 6.45) is -1.82. The Labute approximate surface area is 146 Å². The predicted molar refractivity (Wildman–Crippen MR) is 90.7 cm³/mol. The molecule has 0 saturated heterocycles. The van der Waals surface area contributed by atoms with E-state index in [2.05, 4.69) is 0 Å². The summed E-state index contributed by atoms with van der Waals surface area (Å²) in [5, 5.41) is 20.2. The molecule has 24 heavy (non-hydrogen) atoms.